The molecule has 1 aromatic heterocycles. The lowest BCUT2D eigenvalue weighted by Gasteiger charge is -2.23. The van der Waals surface area contributed by atoms with Gasteiger partial charge in [0.2, 0.25) is 5.91 Å². The van der Waals surface area contributed by atoms with Crippen LogP contribution in [0.15, 0.2) is 16.6 Å². The first kappa shape index (κ1) is 15.3. The smallest absolute Gasteiger partial charge is 0.223 e. The third kappa shape index (κ3) is 2.49. The van der Waals surface area contributed by atoms with Crippen LogP contribution in [0.4, 0.5) is 0 Å². The van der Waals surface area contributed by atoms with Crippen LogP contribution in [0.5, 0.6) is 5.75 Å². The maximum absolute atomic E-state index is 11.7. The molecule has 1 aliphatic heterocycles. The minimum absolute atomic E-state index is 0.0207. The molecule has 0 bridgehead atoms. The lowest BCUT2D eigenvalue weighted by molar-refractivity contribution is -0.122. The van der Waals surface area contributed by atoms with Crippen molar-refractivity contribution in [2.45, 2.75) is 26.9 Å². The Morgan fingerprint density at radius 3 is 2.86 bits per heavy atom. The molecule has 2 aromatic rings. The fraction of sp³-hybridized carbons (Fsp3) is 0.500. The van der Waals surface area contributed by atoms with Crippen LogP contribution in [0.3, 0.4) is 0 Å². The Hall–Kier alpha value is -1.56. The Balaban J connectivity index is 1.95. The number of aromatic nitrogens is 2. The van der Waals surface area contributed by atoms with Gasteiger partial charge in [-0.2, -0.15) is 5.10 Å². The summed E-state index contributed by atoms with van der Waals surface area (Å²) < 4.78 is 9.03. The van der Waals surface area contributed by atoms with E-state index in [4.69, 9.17) is 4.74 Å². The van der Waals surface area contributed by atoms with Crippen LogP contribution >= 0.6 is 15.9 Å². The Labute approximate surface area is 138 Å². The van der Waals surface area contributed by atoms with E-state index in [-0.39, 0.29) is 23.8 Å². The Morgan fingerprint density at radius 2 is 2.23 bits per heavy atom. The predicted octanol–water partition coefficient (Wildman–Crippen LogP) is 2.79. The van der Waals surface area contributed by atoms with E-state index in [0.29, 0.717) is 6.54 Å². The zero-order valence-electron chi connectivity index (χ0n) is 13.2. The predicted molar refractivity (Wildman–Crippen MR) is 88.9 cm³/mol. The molecule has 22 heavy (non-hydrogen) atoms. The second kappa shape index (κ2) is 5.57. The van der Waals surface area contributed by atoms with E-state index >= 15 is 0 Å². The molecule has 0 radical (unpaired) electrons. The number of fused-ring (bicyclic) bond motifs is 1. The van der Waals surface area contributed by atoms with Gasteiger partial charge >= 0.3 is 0 Å². The van der Waals surface area contributed by atoms with E-state index in [0.717, 1.165) is 26.8 Å². The molecular formula is C16H20BrN3O2. The number of ether oxygens (including phenoxy) is 1. The van der Waals surface area contributed by atoms with Crippen LogP contribution in [0, 0.1) is 18.8 Å². The number of halogens is 1. The Kier molecular flexibility index (Phi) is 3.89. The standard InChI is InChI=1S/C16H20BrN3O2/c1-8-12(7-18-16(8)21)10(3)22-14-6-11(17)5-13-15(14)9(2)20(4)19-13/h5-6,8,10,12H,7H2,1-4H3,(H,18,21)/t8-,10-,12+/m1/s1. The summed E-state index contributed by atoms with van der Waals surface area (Å²) in [4.78, 5) is 11.7. The van der Waals surface area contributed by atoms with E-state index < -0.39 is 0 Å². The summed E-state index contributed by atoms with van der Waals surface area (Å²) in [5.41, 5.74) is 1.98. The van der Waals surface area contributed by atoms with Gasteiger partial charge in [0.25, 0.3) is 0 Å². The number of carbonyl (C=O) groups is 1. The Morgan fingerprint density at radius 1 is 1.50 bits per heavy atom. The molecule has 1 saturated heterocycles. The summed E-state index contributed by atoms with van der Waals surface area (Å²) in [6, 6.07) is 3.96. The van der Waals surface area contributed by atoms with Crippen molar-refractivity contribution >= 4 is 32.7 Å². The van der Waals surface area contributed by atoms with Gasteiger partial charge in [-0.15, -0.1) is 0 Å². The van der Waals surface area contributed by atoms with Gasteiger partial charge in [0.05, 0.1) is 10.9 Å². The summed E-state index contributed by atoms with van der Waals surface area (Å²) in [7, 11) is 1.93. The highest BCUT2D eigenvalue weighted by molar-refractivity contribution is 9.10. The summed E-state index contributed by atoms with van der Waals surface area (Å²) in [6.45, 7) is 6.69. The topological polar surface area (TPSA) is 56.1 Å². The summed E-state index contributed by atoms with van der Waals surface area (Å²) in [5, 5.41) is 8.44. The van der Waals surface area contributed by atoms with Crippen molar-refractivity contribution in [3.05, 3.63) is 22.3 Å². The van der Waals surface area contributed by atoms with Gasteiger partial charge in [-0.25, -0.2) is 0 Å². The highest BCUT2D eigenvalue weighted by Crippen LogP contribution is 2.34. The van der Waals surface area contributed by atoms with Crippen molar-refractivity contribution < 1.29 is 9.53 Å². The van der Waals surface area contributed by atoms with Crippen LogP contribution < -0.4 is 10.1 Å². The average molecular weight is 366 g/mol. The fourth-order valence-electron chi connectivity index (χ4n) is 3.11. The molecule has 3 atom stereocenters. The number of nitrogens with zero attached hydrogens (tertiary/aromatic N) is 2. The maximum Gasteiger partial charge on any atom is 0.223 e. The lowest BCUT2D eigenvalue weighted by atomic mass is 9.92. The zero-order chi connectivity index (χ0) is 16.0. The number of benzene rings is 1. The molecule has 5 nitrogen and oxygen atoms in total. The number of nitrogens with one attached hydrogen (secondary N) is 1. The molecule has 0 unspecified atom stereocenters. The maximum atomic E-state index is 11.7. The molecule has 3 rings (SSSR count). The lowest BCUT2D eigenvalue weighted by Crippen LogP contribution is -2.29. The third-order valence-corrected chi connectivity index (χ3v) is 5.09. The van der Waals surface area contributed by atoms with Crippen LogP contribution in [-0.2, 0) is 11.8 Å². The van der Waals surface area contributed by atoms with Crippen LogP contribution in [0.1, 0.15) is 19.5 Å². The van der Waals surface area contributed by atoms with Crippen molar-refractivity contribution in [2.75, 3.05) is 6.54 Å². The van der Waals surface area contributed by atoms with Gasteiger partial charge in [-0.3, -0.25) is 9.48 Å². The van der Waals surface area contributed by atoms with Crippen molar-refractivity contribution in [3.63, 3.8) is 0 Å². The molecule has 6 heteroatoms. The minimum atomic E-state index is -0.0499. The average Bonchev–Trinajstić information content (AvgIpc) is 2.91. The van der Waals surface area contributed by atoms with Crippen LogP contribution in [0.25, 0.3) is 10.9 Å². The normalized spacial score (nSPS) is 22.9. The third-order valence-electron chi connectivity index (χ3n) is 4.63. The molecule has 0 saturated carbocycles. The zero-order valence-corrected chi connectivity index (χ0v) is 14.8. The first-order chi connectivity index (χ1) is 10.4. The molecule has 118 valence electrons. The molecule has 0 aliphatic carbocycles. The molecular weight excluding hydrogens is 346 g/mol. The van der Waals surface area contributed by atoms with Gasteiger partial charge in [0.1, 0.15) is 11.9 Å². The summed E-state index contributed by atoms with van der Waals surface area (Å²) in [6.07, 6.45) is -0.0499. The van der Waals surface area contributed by atoms with Gasteiger partial charge in [-0.05, 0) is 26.0 Å². The van der Waals surface area contributed by atoms with E-state index in [1.54, 1.807) is 0 Å². The monoisotopic (exact) mass is 365 g/mol. The van der Waals surface area contributed by atoms with Crippen molar-refractivity contribution in [2.24, 2.45) is 18.9 Å². The largest absolute Gasteiger partial charge is 0.490 e. The van der Waals surface area contributed by atoms with Crippen molar-refractivity contribution in [3.8, 4) is 5.75 Å². The molecule has 2 heterocycles. The molecule has 1 N–H and O–H groups in total. The van der Waals surface area contributed by atoms with Gasteiger partial charge < -0.3 is 10.1 Å². The quantitative estimate of drug-likeness (QED) is 0.909. The number of hydrogen-bond acceptors (Lipinski definition) is 3. The van der Waals surface area contributed by atoms with Crippen LogP contribution in [-0.4, -0.2) is 28.3 Å². The van der Waals surface area contributed by atoms with Gasteiger partial charge in [0.15, 0.2) is 0 Å². The molecule has 1 aliphatic rings. The molecule has 1 fully saturated rings. The SMILES string of the molecule is Cc1c2c(O[C@H](C)[C@H]3CNC(=O)[C@@H]3C)cc(Br)cc2nn1C. The number of aryl methyl sites for hydroxylation is 2. The first-order valence-corrected chi connectivity index (χ1v) is 8.25. The Bertz CT molecular complexity index is 741. The van der Waals surface area contributed by atoms with Crippen molar-refractivity contribution in [1.29, 1.82) is 0 Å². The van der Waals surface area contributed by atoms with E-state index in [9.17, 15) is 4.79 Å². The summed E-state index contributed by atoms with van der Waals surface area (Å²) in [5.74, 6) is 1.08. The minimum Gasteiger partial charge on any atom is -0.490 e. The molecule has 1 amide bonds. The number of hydrogen-bond donors (Lipinski definition) is 1. The fourth-order valence-corrected chi connectivity index (χ4v) is 3.54. The first-order valence-electron chi connectivity index (χ1n) is 7.45. The molecule has 1 aromatic carbocycles. The second-order valence-corrected chi connectivity index (χ2v) is 6.94. The highest BCUT2D eigenvalue weighted by Gasteiger charge is 2.36. The highest BCUT2D eigenvalue weighted by atomic mass is 79.9. The van der Waals surface area contributed by atoms with E-state index in [1.807, 2.05) is 44.6 Å². The summed E-state index contributed by atoms with van der Waals surface area (Å²) >= 11 is 3.52. The van der Waals surface area contributed by atoms with E-state index in [1.165, 1.54) is 0 Å². The van der Waals surface area contributed by atoms with Gasteiger partial charge in [-0.1, -0.05) is 22.9 Å². The number of amides is 1. The number of rotatable bonds is 3. The van der Waals surface area contributed by atoms with Crippen molar-refractivity contribution in [1.82, 2.24) is 15.1 Å². The second-order valence-electron chi connectivity index (χ2n) is 6.03. The number of carbonyl (C=O) groups excluding carboxylic acids is 1. The van der Waals surface area contributed by atoms with Gasteiger partial charge in [0, 0.05) is 35.6 Å². The van der Waals surface area contributed by atoms with Crippen LogP contribution in [0.2, 0.25) is 0 Å². The molecule has 0 spiro atoms. The van der Waals surface area contributed by atoms with E-state index in [2.05, 4.69) is 26.3 Å².